The summed E-state index contributed by atoms with van der Waals surface area (Å²) in [7, 11) is 0. The fourth-order valence-electron chi connectivity index (χ4n) is 1.69. The van der Waals surface area contributed by atoms with E-state index in [0.717, 1.165) is 0 Å². The highest BCUT2D eigenvalue weighted by molar-refractivity contribution is 6.17. The monoisotopic (exact) mass is 291 g/mol. The first kappa shape index (κ1) is 14.1. The summed E-state index contributed by atoms with van der Waals surface area (Å²) in [5, 5.41) is 0. The first-order valence-electron chi connectivity index (χ1n) is 5.87. The molecule has 6 heteroatoms. The van der Waals surface area contributed by atoms with Crippen molar-refractivity contribution in [2.45, 2.75) is 6.54 Å². The molecule has 2 rings (SSSR count). The van der Waals surface area contributed by atoms with Gasteiger partial charge in [-0.05, 0) is 0 Å². The third-order valence-corrected chi connectivity index (χ3v) is 2.75. The number of rotatable bonds is 5. The molecule has 0 radical (unpaired) electrons. The van der Waals surface area contributed by atoms with Gasteiger partial charge < -0.3 is 4.74 Å². The normalized spacial score (nSPS) is 10.1. The number of ketones is 1. The van der Waals surface area contributed by atoms with Crippen LogP contribution in [-0.2, 0) is 11.3 Å². The molecule has 0 N–H and O–H groups in total. The number of esters is 1. The van der Waals surface area contributed by atoms with Crippen molar-refractivity contribution < 1.29 is 18.9 Å². The Labute approximate surface area is 120 Å². The molecule has 102 valence electrons. The van der Waals surface area contributed by atoms with Crippen molar-refractivity contribution in [2.24, 2.45) is 0 Å². The Morgan fingerprint density at radius 3 is 2.70 bits per heavy atom. The van der Waals surface area contributed by atoms with Gasteiger partial charge in [-0.3, -0.25) is 9.78 Å². The zero-order valence-corrected chi connectivity index (χ0v) is 11.3. The van der Waals surface area contributed by atoms with E-state index in [1.54, 1.807) is 30.5 Å². The maximum atomic E-state index is 12.1. The van der Waals surface area contributed by atoms with Gasteiger partial charge in [0.15, 0.2) is 12.3 Å². The lowest BCUT2D eigenvalue weighted by Crippen LogP contribution is -2.44. The summed E-state index contributed by atoms with van der Waals surface area (Å²) in [5.41, 5.74) is 0.755. The first-order chi connectivity index (χ1) is 9.72. The number of hydrogen-bond donors (Lipinski definition) is 0. The molecule has 0 unspecified atom stereocenters. The van der Waals surface area contributed by atoms with Crippen LogP contribution in [0, 0.1) is 0 Å². The number of ether oxygens (including phenoxy) is 1. The van der Waals surface area contributed by atoms with E-state index in [9.17, 15) is 9.59 Å². The fourth-order valence-corrected chi connectivity index (χ4v) is 1.79. The molecule has 0 aliphatic heterocycles. The molecule has 2 aromatic rings. The highest BCUT2D eigenvalue weighted by Gasteiger charge is 2.23. The van der Waals surface area contributed by atoms with Gasteiger partial charge in [0.2, 0.25) is 12.3 Å². The van der Waals surface area contributed by atoms with Crippen LogP contribution in [0.15, 0.2) is 48.9 Å². The lowest BCUT2D eigenvalue weighted by atomic mass is 10.1. The van der Waals surface area contributed by atoms with Crippen molar-refractivity contribution >= 4 is 23.4 Å². The van der Waals surface area contributed by atoms with Crippen molar-refractivity contribution in [3.8, 4) is 0 Å². The first-order valence-corrected chi connectivity index (χ1v) is 6.40. The SMILES string of the molecule is O=C(C[n+]1ccncc1C(=O)OCCl)c1ccccc1. The van der Waals surface area contributed by atoms with Crippen molar-refractivity contribution in [3.05, 3.63) is 60.2 Å². The van der Waals surface area contributed by atoms with Gasteiger partial charge in [-0.1, -0.05) is 41.9 Å². The molecule has 0 bridgehead atoms. The minimum Gasteiger partial charge on any atom is -0.441 e. The van der Waals surface area contributed by atoms with E-state index in [4.69, 9.17) is 16.3 Å². The predicted molar refractivity (Wildman–Crippen MR) is 71.3 cm³/mol. The fraction of sp³-hybridized carbons (Fsp3) is 0.143. The molecule has 5 nitrogen and oxygen atoms in total. The number of benzene rings is 1. The minimum absolute atomic E-state index is 0.0270. The van der Waals surface area contributed by atoms with Gasteiger partial charge in [0.25, 0.3) is 0 Å². The van der Waals surface area contributed by atoms with Crippen LogP contribution in [-0.4, -0.2) is 22.8 Å². The highest BCUT2D eigenvalue weighted by atomic mass is 35.5. The largest absolute Gasteiger partial charge is 0.441 e. The standard InChI is InChI=1S/C14H12ClN2O3/c15-10-20-14(19)12-8-16-6-7-17(12)9-13(18)11-4-2-1-3-5-11/h1-8H,9-10H2/q+1. The third kappa shape index (κ3) is 3.39. The Balaban J connectivity index is 2.21. The number of nitrogens with zero attached hydrogens (tertiary/aromatic N) is 2. The predicted octanol–water partition coefficient (Wildman–Crippen LogP) is 1.61. The lowest BCUT2D eigenvalue weighted by Gasteiger charge is -2.02. The van der Waals surface area contributed by atoms with E-state index in [2.05, 4.69) is 4.98 Å². The molecule has 0 saturated carbocycles. The van der Waals surface area contributed by atoms with Crippen LogP contribution in [0.2, 0.25) is 0 Å². The summed E-state index contributed by atoms with van der Waals surface area (Å²) in [5.74, 6) is -0.726. The molecule has 0 saturated heterocycles. The Kier molecular flexibility index (Phi) is 4.79. The zero-order valence-electron chi connectivity index (χ0n) is 10.5. The molecule has 0 aliphatic carbocycles. The van der Waals surface area contributed by atoms with Crippen molar-refractivity contribution in [1.29, 1.82) is 0 Å². The van der Waals surface area contributed by atoms with Crippen molar-refractivity contribution in [3.63, 3.8) is 0 Å². The van der Waals surface area contributed by atoms with E-state index in [1.807, 2.05) is 6.07 Å². The topological polar surface area (TPSA) is 60.1 Å². The van der Waals surface area contributed by atoms with Gasteiger partial charge in [0, 0.05) is 5.56 Å². The van der Waals surface area contributed by atoms with E-state index >= 15 is 0 Å². The Morgan fingerprint density at radius 1 is 1.25 bits per heavy atom. The van der Waals surface area contributed by atoms with Crippen LogP contribution in [0.1, 0.15) is 20.8 Å². The molecule has 1 heterocycles. The molecule has 1 aromatic heterocycles. The van der Waals surface area contributed by atoms with Gasteiger partial charge in [-0.15, -0.1) is 0 Å². The molecular formula is C14H12ClN2O3+. The average Bonchev–Trinajstić information content (AvgIpc) is 2.49. The van der Waals surface area contributed by atoms with Gasteiger partial charge in [0.05, 0.1) is 6.20 Å². The van der Waals surface area contributed by atoms with E-state index in [0.29, 0.717) is 5.56 Å². The van der Waals surface area contributed by atoms with Gasteiger partial charge in [-0.25, -0.2) is 4.79 Å². The summed E-state index contributed by atoms with van der Waals surface area (Å²) >= 11 is 5.36. The number of halogens is 1. The molecule has 0 fully saturated rings. The van der Waals surface area contributed by atoms with Gasteiger partial charge in [-0.2, -0.15) is 4.57 Å². The van der Waals surface area contributed by atoms with E-state index in [1.165, 1.54) is 17.0 Å². The summed E-state index contributed by atoms with van der Waals surface area (Å²) in [6, 6.07) is 8.60. The summed E-state index contributed by atoms with van der Waals surface area (Å²) in [4.78, 5) is 27.7. The van der Waals surface area contributed by atoms with Crippen LogP contribution < -0.4 is 4.57 Å². The number of aromatic nitrogens is 2. The Morgan fingerprint density at radius 2 is 2.00 bits per heavy atom. The molecule has 1 aromatic carbocycles. The number of carbonyl (C=O) groups excluding carboxylic acids is 2. The minimum atomic E-state index is -0.617. The van der Waals surface area contributed by atoms with E-state index < -0.39 is 5.97 Å². The summed E-state index contributed by atoms with van der Waals surface area (Å²) in [6.45, 7) is 0.0270. The highest BCUT2D eigenvalue weighted by Crippen LogP contribution is 2.01. The summed E-state index contributed by atoms with van der Waals surface area (Å²) < 4.78 is 6.19. The summed E-state index contributed by atoms with van der Waals surface area (Å²) in [6.07, 6.45) is 4.38. The zero-order chi connectivity index (χ0) is 14.4. The molecule has 0 spiro atoms. The Bertz CT molecular complexity index is 617. The average molecular weight is 292 g/mol. The molecule has 20 heavy (non-hydrogen) atoms. The lowest BCUT2D eigenvalue weighted by molar-refractivity contribution is -0.686. The van der Waals surface area contributed by atoms with Gasteiger partial charge in [0.1, 0.15) is 6.20 Å². The number of Topliss-reactive ketones (excluding diaryl/α,β-unsaturated/α-hetero) is 1. The number of carbonyl (C=O) groups is 2. The smallest absolute Gasteiger partial charge is 0.406 e. The van der Waals surface area contributed by atoms with Crippen LogP contribution in [0.3, 0.4) is 0 Å². The van der Waals surface area contributed by atoms with Crippen LogP contribution in [0.4, 0.5) is 0 Å². The molecule has 0 aliphatic rings. The van der Waals surface area contributed by atoms with Gasteiger partial charge >= 0.3 is 11.7 Å². The maximum Gasteiger partial charge on any atom is 0.406 e. The number of alkyl halides is 1. The maximum absolute atomic E-state index is 12.1. The number of hydrogen-bond acceptors (Lipinski definition) is 4. The van der Waals surface area contributed by atoms with Crippen LogP contribution >= 0.6 is 11.6 Å². The van der Waals surface area contributed by atoms with Crippen molar-refractivity contribution in [2.75, 3.05) is 6.07 Å². The van der Waals surface area contributed by atoms with Crippen LogP contribution in [0.5, 0.6) is 0 Å². The van der Waals surface area contributed by atoms with Crippen molar-refractivity contribution in [1.82, 2.24) is 4.98 Å². The molecular weight excluding hydrogens is 280 g/mol. The quantitative estimate of drug-likeness (QED) is 0.363. The van der Waals surface area contributed by atoms with Crippen LogP contribution in [0.25, 0.3) is 0 Å². The second-order valence-corrected chi connectivity index (χ2v) is 4.14. The van der Waals surface area contributed by atoms with E-state index in [-0.39, 0.29) is 24.1 Å². The second kappa shape index (κ2) is 6.77. The second-order valence-electron chi connectivity index (χ2n) is 3.92. The Hall–Kier alpha value is -2.27. The molecule has 0 amide bonds. The third-order valence-electron chi connectivity index (χ3n) is 2.64. The molecule has 0 atom stereocenters.